The van der Waals surface area contributed by atoms with Gasteiger partial charge in [0.15, 0.2) is 0 Å². The minimum Gasteiger partial charge on any atom is -0.249 e. The summed E-state index contributed by atoms with van der Waals surface area (Å²) in [7, 11) is -10.5. The summed E-state index contributed by atoms with van der Waals surface area (Å²) in [4.78, 5) is 0.0455. The topological polar surface area (TPSA) is 110 Å². The van der Waals surface area contributed by atoms with Crippen LogP contribution in [0.25, 0.3) is 0 Å². The van der Waals surface area contributed by atoms with Crippen LogP contribution in [0.15, 0.2) is 39.0 Å². The Labute approximate surface area is 119 Å². The lowest BCUT2D eigenvalue weighted by atomic mass is 10.4. The average molecular weight is 340 g/mol. The van der Waals surface area contributed by atoms with Gasteiger partial charge in [0.25, 0.3) is 10.0 Å². The number of benzene rings is 1. The molecule has 1 aromatic rings. The molecule has 0 aliphatic rings. The molecule has 0 radical (unpaired) electrons. The number of rotatable bonds is 6. The second-order valence-corrected chi connectivity index (χ2v) is 10.6. The van der Waals surface area contributed by atoms with E-state index in [1.165, 1.54) is 24.6 Å². The van der Waals surface area contributed by atoms with Gasteiger partial charge in [0, 0.05) is 19.1 Å². The molecule has 0 saturated heterocycles. The maximum atomic E-state index is 11.8. The fourth-order valence-corrected chi connectivity index (χ4v) is 5.33. The van der Waals surface area contributed by atoms with Crippen LogP contribution >= 0.6 is 0 Å². The first-order valence-electron chi connectivity index (χ1n) is 5.48. The van der Waals surface area contributed by atoms with E-state index >= 15 is 0 Å². The lowest BCUT2D eigenvalue weighted by molar-refractivity contribution is 0.581. The number of nitrogens with one attached hydrogen (secondary N) is 1. The number of nitrogens with zero attached hydrogens (tertiary/aromatic N) is 1. The van der Waals surface area contributed by atoms with Crippen molar-refractivity contribution < 1.29 is 21.0 Å². The third kappa shape index (κ3) is 5.99. The van der Waals surface area contributed by atoms with Crippen LogP contribution in [0.5, 0.6) is 0 Å². The van der Waals surface area contributed by atoms with Gasteiger partial charge in [0.05, 0.1) is 20.4 Å². The summed E-state index contributed by atoms with van der Waals surface area (Å²) >= 11 is 0. The van der Waals surface area contributed by atoms with Crippen LogP contribution in [0.2, 0.25) is 0 Å². The Morgan fingerprint density at radius 1 is 1.00 bits per heavy atom. The second-order valence-electron chi connectivity index (χ2n) is 4.25. The van der Waals surface area contributed by atoms with E-state index in [1.54, 1.807) is 18.2 Å². The van der Waals surface area contributed by atoms with Crippen LogP contribution in [-0.2, 0) is 29.8 Å². The summed E-state index contributed by atoms with van der Waals surface area (Å²) in [6, 6.07) is 7.58. The van der Waals surface area contributed by atoms with E-state index in [2.05, 4.69) is 8.49 Å². The minimum atomic E-state index is -3.92. The Balaban J connectivity index is 2.73. The van der Waals surface area contributed by atoms with Gasteiger partial charge in [0.2, 0.25) is 10.0 Å². The fraction of sp³-hybridized carbons (Fsp3) is 0.400. The largest absolute Gasteiger partial charge is 0.262 e. The van der Waals surface area contributed by atoms with Gasteiger partial charge in [-0.05, 0) is 12.1 Å². The molecule has 1 N–H and O–H groups in total. The number of hydrogen-bond acceptors (Lipinski definition) is 5. The van der Waals surface area contributed by atoms with Crippen molar-refractivity contribution in [2.45, 2.75) is 4.90 Å². The van der Waals surface area contributed by atoms with Gasteiger partial charge < -0.3 is 0 Å². The van der Waals surface area contributed by atoms with Crippen molar-refractivity contribution in [2.24, 2.45) is 3.77 Å². The summed E-state index contributed by atoms with van der Waals surface area (Å²) in [5.74, 6) is -0.544. The predicted molar refractivity (Wildman–Crippen MR) is 77.8 cm³/mol. The molecule has 0 bridgehead atoms. The molecule has 7 nitrogen and oxygen atoms in total. The smallest absolute Gasteiger partial charge is 0.249 e. The first kappa shape index (κ1) is 17.1. The molecule has 0 heterocycles. The lowest BCUT2D eigenvalue weighted by Crippen LogP contribution is -2.28. The zero-order chi connectivity index (χ0) is 15.4. The van der Waals surface area contributed by atoms with Crippen LogP contribution < -0.4 is 4.72 Å². The molecule has 1 rings (SSSR count). The van der Waals surface area contributed by atoms with Crippen molar-refractivity contribution >= 4 is 29.8 Å². The van der Waals surface area contributed by atoms with Crippen LogP contribution in [0.4, 0.5) is 0 Å². The first-order valence-corrected chi connectivity index (χ1v) is 10.9. The Hall–Kier alpha value is -0.970. The summed E-state index contributed by atoms with van der Waals surface area (Å²) in [6.45, 7) is -0.335. The van der Waals surface area contributed by atoms with Gasteiger partial charge >= 0.3 is 0 Å². The van der Waals surface area contributed by atoms with Crippen LogP contribution in [0.3, 0.4) is 0 Å². The second kappa shape index (κ2) is 6.20. The molecule has 0 amide bonds. The maximum Gasteiger partial charge on any atom is 0.262 e. The van der Waals surface area contributed by atoms with Gasteiger partial charge in [0.1, 0.15) is 0 Å². The number of hydrogen-bond donors (Lipinski definition) is 1. The highest BCUT2D eigenvalue weighted by Crippen LogP contribution is 2.07. The van der Waals surface area contributed by atoms with Gasteiger partial charge in [-0.25, -0.2) is 25.8 Å². The molecule has 114 valence electrons. The summed E-state index contributed by atoms with van der Waals surface area (Å²) in [6.07, 6.45) is 2.39. The third-order valence-electron chi connectivity index (χ3n) is 2.00. The fourth-order valence-electron chi connectivity index (χ4n) is 1.30. The molecule has 0 aliphatic heterocycles. The summed E-state index contributed by atoms with van der Waals surface area (Å²) in [5.41, 5.74) is 0. The normalized spacial score (nSPS) is 13.1. The highest BCUT2D eigenvalue weighted by Gasteiger charge is 2.16. The standard InChI is InChI=1S/C10H16N2O5S3/c1-18(2,13)12-19(14,15)9-8-11-20(16,17)10-6-4-3-5-7-10/h3-7,11H,8-9H2,1-2H3. The van der Waals surface area contributed by atoms with Crippen molar-refractivity contribution in [3.05, 3.63) is 30.3 Å². The maximum absolute atomic E-state index is 11.8. The molecule has 0 unspecified atom stereocenters. The monoisotopic (exact) mass is 340 g/mol. The van der Waals surface area contributed by atoms with Crippen LogP contribution in [0, 0.1) is 0 Å². The molecular formula is C10H16N2O5S3. The van der Waals surface area contributed by atoms with Crippen molar-refractivity contribution in [3.8, 4) is 0 Å². The molecule has 0 spiro atoms. The molecule has 10 heteroatoms. The van der Waals surface area contributed by atoms with Crippen LogP contribution in [-0.4, -0.2) is 45.9 Å². The zero-order valence-electron chi connectivity index (χ0n) is 11.0. The highest BCUT2D eigenvalue weighted by atomic mass is 32.3. The molecule has 0 saturated carbocycles. The Kier molecular flexibility index (Phi) is 5.30. The lowest BCUT2D eigenvalue weighted by Gasteiger charge is -2.05. The Bertz CT molecular complexity index is 767. The van der Waals surface area contributed by atoms with E-state index < -0.39 is 35.5 Å². The van der Waals surface area contributed by atoms with Crippen LogP contribution in [0.1, 0.15) is 0 Å². The molecular weight excluding hydrogens is 324 g/mol. The van der Waals surface area contributed by atoms with E-state index in [0.717, 1.165) is 0 Å². The van der Waals surface area contributed by atoms with E-state index in [9.17, 15) is 21.0 Å². The molecule has 20 heavy (non-hydrogen) atoms. The van der Waals surface area contributed by atoms with E-state index in [4.69, 9.17) is 0 Å². The minimum absolute atomic E-state index is 0.0455. The Morgan fingerprint density at radius 2 is 1.55 bits per heavy atom. The van der Waals surface area contributed by atoms with Gasteiger partial charge in [-0.2, -0.15) is 0 Å². The molecule has 0 aliphatic carbocycles. The van der Waals surface area contributed by atoms with Crippen molar-refractivity contribution in [1.82, 2.24) is 4.72 Å². The molecule has 1 aromatic carbocycles. The molecule has 0 fully saturated rings. The van der Waals surface area contributed by atoms with E-state index in [0.29, 0.717) is 0 Å². The van der Waals surface area contributed by atoms with Gasteiger partial charge in [-0.1, -0.05) is 18.2 Å². The van der Waals surface area contributed by atoms with Crippen molar-refractivity contribution in [3.63, 3.8) is 0 Å². The summed E-state index contributed by atoms with van der Waals surface area (Å²) < 4.78 is 63.3. The van der Waals surface area contributed by atoms with Gasteiger partial charge in [-0.15, -0.1) is 3.77 Å². The SMILES string of the molecule is CS(C)(=O)=NS(=O)(=O)CCNS(=O)(=O)c1ccccc1. The molecule has 0 atom stereocenters. The van der Waals surface area contributed by atoms with E-state index in [-0.39, 0.29) is 11.4 Å². The van der Waals surface area contributed by atoms with Crippen molar-refractivity contribution in [1.29, 1.82) is 0 Å². The van der Waals surface area contributed by atoms with Gasteiger partial charge in [-0.3, -0.25) is 0 Å². The third-order valence-corrected chi connectivity index (χ3v) is 6.54. The summed E-state index contributed by atoms with van der Waals surface area (Å²) in [5, 5.41) is 0. The van der Waals surface area contributed by atoms with E-state index in [1.807, 2.05) is 0 Å². The first-order chi connectivity index (χ1) is 9.02. The quantitative estimate of drug-likeness (QED) is 0.785. The number of sulfonamides is 2. The Morgan fingerprint density at radius 3 is 2.05 bits per heavy atom. The predicted octanol–water partition coefficient (Wildman–Crippen LogP) is 0.0223. The highest BCUT2D eigenvalue weighted by molar-refractivity contribution is 8.02. The average Bonchev–Trinajstić information content (AvgIpc) is 2.26. The zero-order valence-corrected chi connectivity index (χ0v) is 13.5. The van der Waals surface area contributed by atoms with Crippen molar-refractivity contribution in [2.75, 3.05) is 24.8 Å². The molecule has 0 aromatic heterocycles.